The molecule has 1 aromatic carbocycles. The van der Waals surface area contributed by atoms with Crippen LogP contribution < -0.4 is 15.5 Å². The van der Waals surface area contributed by atoms with Crippen molar-refractivity contribution in [1.29, 1.82) is 0 Å². The van der Waals surface area contributed by atoms with Gasteiger partial charge in [-0.3, -0.25) is 0 Å². The molecule has 0 spiro atoms. The lowest BCUT2D eigenvalue weighted by Gasteiger charge is -2.35. The first kappa shape index (κ1) is 23.4. The van der Waals surface area contributed by atoms with Gasteiger partial charge in [0.1, 0.15) is 5.82 Å². The van der Waals surface area contributed by atoms with Crippen molar-refractivity contribution >= 4 is 62.9 Å². The van der Waals surface area contributed by atoms with Crippen LogP contribution in [0.4, 0.5) is 23.1 Å². The zero-order chi connectivity index (χ0) is 23.8. The Morgan fingerprint density at radius 3 is 2.74 bits per heavy atom. The Kier molecular flexibility index (Phi) is 6.67. The van der Waals surface area contributed by atoms with Gasteiger partial charge in [-0.15, -0.1) is 0 Å². The van der Waals surface area contributed by atoms with E-state index >= 15 is 0 Å². The normalized spacial score (nSPS) is 16.3. The van der Waals surface area contributed by atoms with Crippen LogP contribution in [0.2, 0.25) is 0 Å². The van der Waals surface area contributed by atoms with Crippen LogP contribution in [0.25, 0.3) is 11.3 Å². The third-order valence-electron chi connectivity index (χ3n) is 6.64. The monoisotopic (exact) mass is 585 g/mol. The second-order valence-electron chi connectivity index (χ2n) is 9.06. The summed E-state index contributed by atoms with van der Waals surface area (Å²) in [5.74, 6) is 1.56. The minimum atomic E-state index is 0.526. The second kappa shape index (κ2) is 9.71. The molecule has 4 heterocycles. The molecule has 2 aromatic heterocycles. The lowest BCUT2D eigenvalue weighted by atomic mass is 10.0. The molecule has 3 aromatic rings. The van der Waals surface area contributed by atoms with Gasteiger partial charge < -0.3 is 20.4 Å². The van der Waals surface area contributed by atoms with Crippen LogP contribution in [-0.4, -0.2) is 58.1 Å². The molecule has 9 heteroatoms. The summed E-state index contributed by atoms with van der Waals surface area (Å²) in [7, 11) is 4.34. The number of anilines is 4. The highest BCUT2D eigenvalue weighted by Crippen LogP contribution is 2.34. The zero-order valence-electron chi connectivity index (χ0n) is 19.6. The number of aryl methyl sites for hydroxylation is 1. The van der Waals surface area contributed by atoms with Crippen molar-refractivity contribution in [3.05, 3.63) is 51.4 Å². The maximum absolute atomic E-state index is 5.53. The van der Waals surface area contributed by atoms with E-state index < -0.39 is 0 Å². The van der Waals surface area contributed by atoms with Gasteiger partial charge in [0.15, 0.2) is 0 Å². The van der Waals surface area contributed by atoms with Crippen molar-refractivity contribution in [2.45, 2.75) is 32.2 Å². The van der Waals surface area contributed by atoms with E-state index in [4.69, 9.17) is 22.2 Å². The molecule has 0 saturated carbocycles. The number of likely N-dealkylation sites (tertiary alicyclic amines) is 1. The van der Waals surface area contributed by atoms with Crippen LogP contribution in [0, 0.1) is 10.5 Å². The van der Waals surface area contributed by atoms with E-state index in [0.717, 1.165) is 74.2 Å². The van der Waals surface area contributed by atoms with Crippen LogP contribution in [0.5, 0.6) is 0 Å². The Hall–Kier alpha value is -2.37. The number of halogens is 1. The molecular weight excluding hydrogens is 557 g/mol. The fourth-order valence-corrected chi connectivity index (χ4v) is 5.35. The molecule has 0 bridgehead atoms. The van der Waals surface area contributed by atoms with Crippen LogP contribution in [0.15, 0.2) is 36.5 Å². The highest BCUT2D eigenvalue weighted by molar-refractivity contribution is 14.1. The Morgan fingerprint density at radius 2 is 1.97 bits per heavy atom. The number of rotatable bonds is 4. The highest BCUT2D eigenvalue weighted by atomic mass is 127. The van der Waals surface area contributed by atoms with Gasteiger partial charge in [0, 0.05) is 46.1 Å². The number of fused-ring (bicyclic) bond motifs is 3. The molecule has 0 aliphatic carbocycles. The van der Waals surface area contributed by atoms with Crippen molar-refractivity contribution in [2.75, 3.05) is 42.7 Å². The lowest BCUT2D eigenvalue weighted by molar-refractivity contribution is 0.252. The first-order chi connectivity index (χ1) is 16.4. The first-order valence-electron chi connectivity index (χ1n) is 11.5. The average Bonchev–Trinajstić information content (AvgIpc) is 2.95. The maximum Gasteiger partial charge on any atom is 0.227 e. The Labute approximate surface area is 219 Å². The molecule has 2 N–H and O–H groups in total. The molecule has 0 radical (unpaired) electrons. The van der Waals surface area contributed by atoms with Crippen LogP contribution in [-0.2, 0) is 6.42 Å². The third-order valence-corrected chi connectivity index (χ3v) is 7.56. The average molecular weight is 586 g/mol. The van der Waals surface area contributed by atoms with Crippen molar-refractivity contribution in [1.82, 2.24) is 19.9 Å². The standard InChI is InChI=1S/C25H28IN7S/c1-15-20(6-7-22(28-15)33(3)18-8-10-32(2)11-9-18)30-25-27-14-16-12-23(34)29-21-13-17(26)4-5-19(21)24(16)31-25/h4-7,13-14,18H,8-12H2,1-3H3,(H,29,34)(H,27,30,31). The summed E-state index contributed by atoms with van der Waals surface area (Å²) in [6.45, 7) is 4.29. The number of nitrogens with zero attached hydrogens (tertiary/aromatic N) is 5. The SMILES string of the molecule is Cc1nc(N(C)C2CCN(C)CC2)ccc1Nc1ncc2c(n1)-c1ccc(I)cc1NC(=S)C2. The summed E-state index contributed by atoms with van der Waals surface area (Å²) in [6.07, 6.45) is 4.82. The fourth-order valence-electron chi connectivity index (χ4n) is 4.59. The molecule has 0 atom stereocenters. The summed E-state index contributed by atoms with van der Waals surface area (Å²) in [6, 6.07) is 11.0. The first-order valence-corrected chi connectivity index (χ1v) is 13.0. The highest BCUT2D eigenvalue weighted by Gasteiger charge is 2.22. The minimum absolute atomic E-state index is 0.526. The maximum atomic E-state index is 5.53. The predicted molar refractivity (Wildman–Crippen MR) is 151 cm³/mol. The molecule has 0 amide bonds. The van der Waals surface area contributed by atoms with Crippen molar-refractivity contribution in [3.8, 4) is 11.3 Å². The number of benzene rings is 1. The molecular formula is C25H28IN7S. The van der Waals surface area contributed by atoms with Gasteiger partial charge >= 0.3 is 0 Å². The third kappa shape index (κ3) is 4.87. The number of thiocarbonyl (C=S) groups is 1. The fraction of sp³-hybridized carbons (Fsp3) is 0.360. The number of hydrogen-bond acceptors (Lipinski definition) is 7. The topological polar surface area (TPSA) is 69.2 Å². The summed E-state index contributed by atoms with van der Waals surface area (Å²) < 4.78 is 1.15. The Bertz CT molecular complexity index is 1240. The number of pyridine rings is 1. The van der Waals surface area contributed by atoms with Crippen LogP contribution in [0.3, 0.4) is 0 Å². The van der Waals surface area contributed by atoms with Gasteiger partial charge in [-0.05, 0) is 92.8 Å². The van der Waals surface area contributed by atoms with E-state index in [1.54, 1.807) is 0 Å². The smallest absolute Gasteiger partial charge is 0.227 e. The summed E-state index contributed by atoms with van der Waals surface area (Å²) in [5.41, 5.74) is 5.78. The van der Waals surface area contributed by atoms with Crippen molar-refractivity contribution < 1.29 is 0 Å². The molecule has 0 unspecified atom stereocenters. The number of piperidine rings is 1. The van der Waals surface area contributed by atoms with E-state index in [0.29, 0.717) is 18.4 Å². The van der Waals surface area contributed by atoms with Gasteiger partial charge in [-0.2, -0.15) is 0 Å². The molecule has 2 aliphatic rings. The molecule has 176 valence electrons. The zero-order valence-corrected chi connectivity index (χ0v) is 22.6. The van der Waals surface area contributed by atoms with Gasteiger partial charge in [0.25, 0.3) is 0 Å². The molecule has 2 aliphatic heterocycles. The number of nitrogens with one attached hydrogen (secondary N) is 2. The van der Waals surface area contributed by atoms with E-state index in [1.165, 1.54) is 0 Å². The predicted octanol–water partition coefficient (Wildman–Crippen LogP) is 5.02. The molecule has 7 nitrogen and oxygen atoms in total. The summed E-state index contributed by atoms with van der Waals surface area (Å²) >= 11 is 7.84. The minimum Gasteiger partial charge on any atom is -0.357 e. The Morgan fingerprint density at radius 1 is 1.18 bits per heavy atom. The molecule has 1 saturated heterocycles. The largest absolute Gasteiger partial charge is 0.357 e. The quantitative estimate of drug-likeness (QED) is 0.327. The summed E-state index contributed by atoms with van der Waals surface area (Å²) in [5, 5.41) is 6.74. The Balaban J connectivity index is 1.39. The number of aromatic nitrogens is 3. The molecule has 5 rings (SSSR count). The van der Waals surface area contributed by atoms with E-state index in [2.05, 4.69) is 92.4 Å². The van der Waals surface area contributed by atoms with E-state index in [9.17, 15) is 0 Å². The second-order valence-corrected chi connectivity index (χ2v) is 10.8. The van der Waals surface area contributed by atoms with Crippen LogP contribution >= 0.6 is 34.8 Å². The van der Waals surface area contributed by atoms with Gasteiger partial charge in [0.2, 0.25) is 5.95 Å². The van der Waals surface area contributed by atoms with Gasteiger partial charge in [0.05, 0.1) is 22.1 Å². The molecule has 1 fully saturated rings. The summed E-state index contributed by atoms with van der Waals surface area (Å²) in [4.78, 5) is 19.8. The van der Waals surface area contributed by atoms with E-state index in [-0.39, 0.29) is 0 Å². The van der Waals surface area contributed by atoms with Gasteiger partial charge in [-0.1, -0.05) is 12.2 Å². The van der Waals surface area contributed by atoms with Gasteiger partial charge in [-0.25, -0.2) is 15.0 Å². The number of hydrogen-bond donors (Lipinski definition) is 2. The van der Waals surface area contributed by atoms with Crippen molar-refractivity contribution in [2.24, 2.45) is 0 Å². The van der Waals surface area contributed by atoms with Crippen molar-refractivity contribution in [3.63, 3.8) is 0 Å². The lowest BCUT2D eigenvalue weighted by Crippen LogP contribution is -2.42. The molecule has 34 heavy (non-hydrogen) atoms. The van der Waals surface area contributed by atoms with E-state index in [1.807, 2.05) is 13.1 Å². The van der Waals surface area contributed by atoms with Crippen LogP contribution in [0.1, 0.15) is 24.1 Å².